The molecule has 11 heteroatoms. The highest BCUT2D eigenvalue weighted by Crippen LogP contribution is 2.61. The number of methoxy groups -OCH3 is 1. The van der Waals surface area contributed by atoms with E-state index < -0.39 is 38.2 Å². The summed E-state index contributed by atoms with van der Waals surface area (Å²) in [6.07, 6.45) is 2.18. The van der Waals surface area contributed by atoms with E-state index in [1.165, 1.54) is 10.8 Å². The van der Waals surface area contributed by atoms with Gasteiger partial charge in [-0.3, -0.25) is 14.3 Å². The van der Waals surface area contributed by atoms with Crippen LogP contribution >= 0.6 is 8.53 Å². The molecule has 2 aromatic rings. The molecule has 0 spiro atoms. The van der Waals surface area contributed by atoms with Gasteiger partial charge in [-0.25, -0.2) is 9.46 Å². The van der Waals surface area contributed by atoms with Gasteiger partial charge in [0.25, 0.3) is 14.1 Å². The smallest absolute Gasteiger partial charge is 0.330 e. The third-order valence-corrected chi connectivity index (χ3v) is 8.83. The molecule has 1 aromatic heterocycles. The van der Waals surface area contributed by atoms with Crippen LogP contribution in [0.3, 0.4) is 0 Å². The van der Waals surface area contributed by atoms with Crippen molar-refractivity contribution in [2.45, 2.75) is 69.8 Å². The number of rotatable bonds is 9. The van der Waals surface area contributed by atoms with Gasteiger partial charge in [0, 0.05) is 31.5 Å². The first-order valence-corrected chi connectivity index (χ1v) is 13.7. The number of benzene rings is 1. The van der Waals surface area contributed by atoms with Crippen LogP contribution < -0.4 is 11.2 Å². The fourth-order valence-corrected chi connectivity index (χ4v) is 7.23. The number of hydrogen-bond donors (Lipinski definition) is 1. The molecule has 36 heavy (non-hydrogen) atoms. The molecule has 0 aliphatic carbocycles. The van der Waals surface area contributed by atoms with Crippen LogP contribution in [0.15, 0.2) is 46.1 Å². The zero-order valence-corrected chi connectivity index (χ0v) is 21.8. The summed E-state index contributed by atoms with van der Waals surface area (Å²) in [5.74, 6) is 0. The molecule has 0 bridgehead atoms. The van der Waals surface area contributed by atoms with Gasteiger partial charge >= 0.3 is 5.69 Å². The molecule has 0 saturated carbocycles. The molecule has 1 aromatic carbocycles. The average Bonchev–Trinajstić information content (AvgIpc) is 3.58. The lowest BCUT2D eigenvalue weighted by Gasteiger charge is -2.29. The van der Waals surface area contributed by atoms with Crippen molar-refractivity contribution in [3.05, 3.63) is 68.5 Å². The fourth-order valence-electron chi connectivity index (χ4n) is 5.24. The Balaban J connectivity index is 1.43. The number of fused-ring (bicyclic) bond motifs is 1. The van der Waals surface area contributed by atoms with E-state index in [0.717, 1.165) is 24.9 Å². The van der Waals surface area contributed by atoms with Crippen molar-refractivity contribution in [2.24, 2.45) is 0 Å². The van der Waals surface area contributed by atoms with Gasteiger partial charge in [-0.2, -0.15) is 0 Å². The Bertz CT molecular complexity index is 1140. The first kappa shape index (κ1) is 25.7. The highest BCUT2D eigenvalue weighted by molar-refractivity contribution is 7.45. The van der Waals surface area contributed by atoms with E-state index in [1.807, 2.05) is 25.1 Å². The molecule has 10 nitrogen and oxygen atoms in total. The Morgan fingerprint density at radius 1 is 1.17 bits per heavy atom. The van der Waals surface area contributed by atoms with Crippen LogP contribution in [-0.2, 0) is 23.3 Å². The maximum absolute atomic E-state index is 12.7. The lowest BCUT2D eigenvalue weighted by molar-refractivity contribution is -0.0782. The van der Waals surface area contributed by atoms with Gasteiger partial charge in [-0.05, 0) is 31.7 Å². The molecular weight excluding hydrogens is 485 g/mol. The van der Waals surface area contributed by atoms with Gasteiger partial charge < -0.3 is 23.3 Å². The van der Waals surface area contributed by atoms with E-state index in [-0.39, 0.29) is 18.2 Å². The Hall–Kier alpha value is -1.91. The number of H-pyrrole nitrogens is 1. The number of ether oxygens (including phenoxy) is 3. The SMILES string of the molecule is CC[C@H]1O[C@@H](n2cc(C)c(=O)[nH]c2=O)[C@@H](OCCOC)C1OP1O[C@H](c2ccccc2)[C@@H]2CCCN21. The Labute approximate surface area is 211 Å². The van der Waals surface area contributed by atoms with Crippen molar-refractivity contribution in [1.29, 1.82) is 0 Å². The van der Waals surface area contributed by atoms with E-state index in [1.54, 1.807) is 14.0 Å². The normalized spacial score (nSPS) is 32.2. The predicted octanol–water partition coefficient (Wildman–Crippen LogP) is 3.03. The maximum Gasteiger partial charge on any atom is 0.330 e. The van der Waals surface area contributed by atoms with Crippen molar-refractivity contribution >= 4 is 8.53 Å². The first-order valence-electron chi connectivity index (χ1n) is 12.5. The van der Waals surface area contributed by atoms with Crippen LogP contribution in [-0.4, -0.2) is 65.4 Å². The van der Waals surface area contributed by atoms with Gasteiger partial charge in [0.05, 0.1) is 19.3 Å². The van der Waals surface area contributed by atoms with Crippen LogP contribution in [0.5, 0.6) is 0 Å². The lowest BCUT2D eigenvalue weighted by Crippen LogP contribution is -2.41. The van der Waals surface area contributed by atoms with Gasteiger partial charge in [0.1, 0.15) is 18.3 Å². The minimum atomic E-state index is -1.35. The monoisotopic (exact) mass is 519 g/mol. The number of aromatic nitrogens is 2. The van der Waals surface area contributed by atoms with E-state index in [4.69, 9.17) is 23.3 Å². The number of aryl methyl sites for hydroxylation is 1. The lowest BCUT2D eigenvalue weighted by atomic mass is 10.0. The van der Waals surface area contributed by atoms with Gasteiger partial charge in [0.2, 0.25) is 0 Å². The zero-order chi connectivity index (χ0) is 25.2. The second-order valence-electron chi connectivity index (χ2n) is 9.40. The highest BCUT2D eigenvalue weighted by Gasteiger charge is 2.53. The third kappa shape index (κ3) is 4.96. The second-order valence-corrected chi connectivity index (χ2v) is 10.8. The Kier molecular flexibility index (Phi) is 8.02. The number of nitrogens with one attached hydrogen (secondary N) is 1. The summed E-state index contributed by atoms with van der Waals surface area (Å²) in [5.41, 5.74) is 0.609. The summed E-state index contributed by atoms with van der Waals surface area (Å²) in [6.45, 7) is 5.29. The molecule has 7 atom stereocenters. The van der Waals surface area contributed by atoms with E-state index in [0.29, 0.717) is 25.2 Å². The summed E-state index contributed by atoms with van der Waals surface area (Å²) >= 11 is 0. The average molecular weight is 520 g/mol. The van der Waals surface area contributed by atoms with Crippen molar-refractivity contribution < 1.29 is 23.3 Å². The van der Waals surface area contributed by atoms with Crippen LogP contribution in [0.2, 0.25) is 0 Å². The van der Waals surface area contributed by atoms with Crippen LogP contribution in [0, 0.1) is 6.92 Å². The van der Waals surface area contributed by atoms with Crippen LogP contribution in [0.25, 0.3) is 0 Å². The molecule has 196 valence electrons. The first-order chi connectivity index (χ1) is 17.5. The topological polar surface area (TPSA) is 104 Å². The van der Waals surface area contributed by atoms with Gasteiger partial charge in [-0.1, -0.05) is 37.3 Å². The second kappa shape index (κ2) is 11.2. The molecule has 3 aliphatic rings. The molecule has 1 N–H and O–H groups in total. The molecule has 2 unspecified atom stereocenters. The highest BCUT2D eigenvalue weighted by atomic mass is 31.2. The van der Waals surface area contributed by atoms with Crippen molar-refractivity contribution in [1.82, 2.24) is 14.2 Å². The number of hydrogen-bond acceptors (Lipinski definition) is 8. The number of nitrogens with zero attached hydrogens (tertiary/aromatic N) is 2. The van der Waals surface area contributed by atoms with Crippen molar-refractivity contribution in [3.8, 4) is 0 Å². The van der Waals surface area contributed by atoms with Crippen LogP contribution in [0.4, 0.5) is 0 Å². The minimum absolute atomic E-state index is 0.0460. The molecule has 3 fully saturated rings. The standard InChI is InChI=1S/C25H34N3O7P/c1-4-19-21(35-36-28-12-8-11-18(28)20(34-36)17-9-6-5-7-10-17)22(32-14-13-31-3)24(33-19)27-15-16(2)23(29)26-25(27)30/h5-7,9-10,15,18-22,24H,4,8,11-14H2,1-3H3,(H,26,29,30)/t18-,19+,20+,21?,22-,24+,36?/m0/s1. The quantitative estimate of drug-likeness (QED) is 0.398. The van der Waals surface area contributed by atoms with E-state index in [2.05, 4.69) is 21.8 Å². The molecule has 4 heterocycles. The van der Waals surface area contributed by atoms with Crippen molar-refractivity contribution in [3.63, 3.8) is 0 Å². The summed E-state index contributed by atoms with van der Waals surface area (Å²) in [4.78, 5) is 27.1. The zero-order valence-electron chi connectivity index (χ0n) is 20.9. The predicted molar refractivity (Wildman–Crippen MR) is 134 cm³/mol. The summed E-state index contributed by atoms with van der Waals surface area (Å²) in [5, 5.41) is 0. The van der Waals surface area contributed by atoms with Gasteiger partial charge in [-0.15, -0.1) is 0 Å². The van der Waals surface area contributed by atoms with Crippen LogP contribution in [0.1, 0.15) is 49.6 Å². The Morgan fingerprint density at radius 2 is 1.97 bits per heavy atom. The molecule has 3 aliphatic heterocycles. The molecule has 3 saturated heterocycles. The minimum Gasteiger partial charge on any atom is -0.382 e. The fraction of sp³-hybridized carbons (Fsp3) is 0.600. The van der Waals surface area contributed by atoms with E-state index in [9.17, 15) is 9.59 Å². The summed E-state index contributed by atoms with van der Waals surface area (Å²) < 4.78 is 34.8. The third-order valence-electron chi connectivity index (χ3n) is 7.08. The number of aromatic amines is 1. The summed E-state index contributed by atoms with van der Waals surface area (Å²) in [7, 11) is 0.261. The summed E-state index contributed by atoms with van der Waals surface area (Å²) in [6, 6.07) is 10.6. The Morgan fingerprint density at radius 3 is 2.72 bits per heavy atom. The molecule has 5 rings (SSSR count). The maximum atomic E-state index is 12.7. The molecular formula is C25H34N3O7P. The van der Waals surface area contributed by atoms with E-state index >= 15 is 0 Å². The van der Waals surface area contributed by atoms with Crippen molar-refractivity contribution in [2.75, 3.05) is 26.9 Å². The molecule has 0 radical (unpaired) electrons. The van der Waals surface area contributed by atoms with Gasteiger partial charge in [0.15, 0.2) is 6.23 Å². The largest absolute Gasteiger partial charge is 0.382 e. The molecule has 0 amide bonds.